The molecule has 0 spiro atoms. The van der Waals surface area contributed by atoms with Crippen molar-refractivity contribution in [2.24, 2.45) is 0 Å². The van der Waals surface area contributed by atoms with Gasteiger partial charge >= 0.3 is 12.1 Å². The molecule has 0 radical (unpaired) electrons. The quantitative estimate of drug-likeness (QED) is 0.543. The number of hydrogen-bond donors (Lipinski definition) is 1. The van der Waals surface area contributed by atoms with Crippen LogP contribution in [0.5, 0.6) is 11.5 Å². The van der Waals surface area contributed by atoms with Crippen LogP contribution in [0.15, 0.2) is 48.5 Å². The van der Waals surface area contributed by atoms with E-state index >= 15 is 0 Å². The molecule has 0 fully saturated rings. The largest absolute Gasteiger partial charge is 0.493 e. The van der Waals surface area contributed by atoms with E-state index in [0.717, 1.165) is 17.7 Å². The second-order valence-electron chi connectivity index (χ2n) is 6.70. The van der Waals surface area contributed by atoms with Gasteiger partial charge in [0, 0.05) is 6.42 Å². The van der Waals surface area contributed by atoms with E-state index in [1.54, 1.807) is 31.2 Å². The van der Waals surface area contributed by atoms with Crippen LogP contribution in [0.2, 0.25) is 0 Å². The Morgan fingerprint density at radius 3 is 2.20 bits per heavy atom. The van der Waals surface area contributed by atoms with E-state index in [9.17, 15) is 18.0 Å². The highest BCUT2D eigenvalue weighted by Gasteiger charge is 2.30. The van der Waals surface area contributed by atoms with Gasteiger partial charge in [0.1, 0.15) is 11.5 Å². The van der Waals surface area contributed by atoms with Gasteiger partial charge < -0.3 is 14.6 Å². The summed E-state index contributed by atoms with van der Waals surface area (Å²) in [4.78, 5) is 11.0. The molecule has 4 nitrogen and oxygen atoms in total. The Bertz CT molecular complexity index is 878. The van der Waals surface area contributed by atoms with Crippen molar-refractivity contribution in [1.29, 1.82) is 0 Å². The highest BCUT2D eigenvalue weighted by Crippen LogP contribution is 2.30. The van der Waals surface area contributed by atoms with Gasteiger partial charge in [0.2, 0.25) is 0 Å². The van der Waals surface area contributed by atoms with E-state index in [1.807, 2.05) is 6.92 Å². The van der Waals surface area contributed by atoms with Gasteiger partial charge in [-0.2, -0.15) is 13.2 Å². The average molecular weight is 420 g/mol. The Kier molecular flexibility index (Phi) is 8.16. The fourth-order valence-corrected chi connectivity index (χ4v) is 2.75. The van der Waals surface area contributed by atoms with Crippen molar-refractivity contribution in [3.63, 3.8) is 0 Å². The maximum atomic E-state index is 12.6. The number of carboxylic acids is 1. The molecule has 7 heteroatoms. The molecule has 1 N–H and O–H groups in total. The van der Waals surface area contributed by atoms with Crippen LogP contribution in [0, 0.1) is 11.8 Å². The first-order valence-electron chi connectivity index (χ1n) is 9.39. The minimum atomic E-state index is -4.37. The van der Waals surface area contributed by atoms with Gasteiger partial charge in [-0.15, -0.1) is 5.92 Å². The van der Waals surface area contributed by atoms with Gasteiger partial charge in [-0.25, -0.2) is 0 Å². The summed E-state index contributed by atoms with van der Waals surface area (Å²) >= 11 is 0. The SMILES string of the molecule is CC#CC(CC(=O)O)c1ccc(OCC[C@H](C)Oc2ccc(C(F)(F)F)cc2)cc1. The fraction of sp³-hybridized carbons (Fsp3) is 0.348. The molecule has 0 aliphatic carbocycles. The number of hydrogen-bond acceptors (Lipinski definition) is 3. The van der Waals surface area contributed by atoms with Crippen LogP contribution in [0.1, 0.15) is 43.7 Å². The molecule has 2 aromatic carbocycles. The van der Waals surface area contributed by atoms with Crippen LogP contribution in [0.3, 0.4) is 0 Å². The summed E-state index contributed by atoms with van der Waals surface area (Å²) in [7, 11) is 0. The molecular formula is C23H23F3O4. The first-order chi connectivity index (χ1) is 14.2. The third-order valence-electron chi connectivity index (χ3n) is 4.29. The molecule has 0 saturated carbocycles. The molecule has 0 aliphatic heterocycles. The van der Waals surface area contributed by atoms with Gasteiger partial charge in [0.25, 0.3) is 0 Å². The molecule has 0 aliphatic rings. The topological polar surface area (TPSA) is 55.8 Å². The van der Waals surface area contributed by atoms with E-state index in [1.165, 1.54) is 12.1 Å². The van der Waals surface area contributed by atoms with Crippen molar-refractivity contribution < 1.29 is 32.5 Å². The zero-order valence-corrected chi connectivity index (χ0v) is 16.7. The average Bonchev–Trinajstić information content (AvgIpc) is 2.67. The van der Waals surface area contributed by atoms with Crippen LogP contribution in [-0.2, 0) is 11.0 Å². The van der Waals surface area contributed by atoms with Gasteiger partial charge in [0.15, 0.2) is 0 Å². The highest BCUT2D eigenvalue weighted by atomic mass is 19.4. The monoisotopic (exact) mass is 420 g/mol. The lowest BCUT2D eigenvalue weighted by molar-refractivity contribution is -0.138. The van der Waals surface area contributed by atoms with Gasteiger partial charge in [-0.3, -0.25) is 4.79 Å². The van der Waals surface area contributed by atoms with Gasteiger partial charge in [-0.1, -0.05) is 18.1 Å². The first-order valence-corrected chi connectivity index (χ1v) is 9.39. The number of aliphatic carboxylic acids is 1. The zero-order valence-electron chi connectivity index (χ0n) is 16.7. The van der Waals surface area contributed by atoms with Crippen molar-refractivity contribution in [2.75, 3.05) is 6.61 Å². The van der Waals surface area contributed by atoms with E-state index in [4.69, 9.17) is 14.6 Å². The Morgan fingerprint density at radius 2 is 1.67 bits per heavy atom. The summed E-state index contributed by atoms with van der Waals surface area (Å²) < 4.78 is 49.0. The third-order valence-corrected chi connectivity index (χ3v) is 4.29. The minimum Gasteiger partial charge on any atom is -0.493 e. The summed E-state index contributed by atoms with van der Waals surface area (Å²) in [5.41, 5.74) is 0.0860. The number of benzene rings is 2. The van der Waals surface area contributed by atoms with E-state index in [-0.39, 0.29) is 18.4 Å². The molecule has 2 rings (SSSR count). The predicted molar refractivity (Wildman–Crippen MR) is 107 cm³/mol. The minimum absolute atomic E-state index is 0.0696. The number of halogens is 3. The number of carbonyl (C=O) groups is 1. The smallest absolute Gasteiger partial charge is 0.416 e. The fourth-order valence-electron chi connectivity index (χ4n) is 2.75. The molecule has 0 amide bonds. The van der Waals surface area contributed by atoms with Crippen molar-refractivity contribution in [3.8, 4) is 23.3 Å². The summed E-state index contributed by atoms with van der Waals surface area (Å²) in [6.45, 7) is 3.83. The van der Waals surface area contributed by atoms with Crippen LogP contribution in [0.4, 0.5) is 13.2 Å². The lowest BCUT2D eigenvalue weighted by Gasteiger charge is -2.16. The van der Waals surface area contributed by atoms with Crippen molar-refractivity contribution in [1.82, 2.24) is 0 Å². The lowest BCUT2D eigenvalue weighted by atomic mass is 9.96. The van der Waals surface area contributed by atoms with E-state index < -0.39 is 17.7 Å². The lowest BCUT2D eigenvalue weighted by Crippen LogP contribution is -2.16. The molecule has 2 aromatic rings. The molecule has 0 saturated heterocycles. The third kappa shape index (κ3) is 7.36. The Morgan fingerprint density at radius 1 is 1.07 bits per heavy atom. The molecule has 0 bridgehead atoms. The summed E-state index contributed by atoms with van der Waals surface area (Å²) in [6, 6.07) is 11.6. The highest BCUT2D eigenvalue weighted by molar-refractivity contribution is 5.69. The van der Waals surface area contributed by atoms with Crippen LogP contribution in [0.25, 0.3) is 0 Å². The molecule has 2 atom stereocenters. The van der Waals surface area contributed by atoms with Gasteiger partial charge in [0.05, 0.1) is 30.6 Å². The molecule has 1 unspecified atom stereocenters. The second kappa shape index (κ2) is 10.6. The van der Waals surface area contributed by atoms with Crippen molar-refractivity contribution in [2.45, 2.75) is 44.9 Å². The predicted octanol–water partition coefficient (Wildman–Crippen LogP) is 5.52. The Balaban J connectivity index is 1.83. The van der Waals surface area contributed by atoms with Crippen LogP contribution in [-0.4, -0.2) is 23.8 Å². The zero-order chi connectivity index (χ0) is 22.1. The molecule has 160 valence electrons. The summed E-state index contributed by atoms with van der Waals surface area (Å²) in [5, 5.41) is 9.00. The van der Waals surface area contributed by atoms with Crippen LogP contribution < -0.4 is 9.47 Å². The van der Waals surface area contributed by atoms with Gasteiger partial charge in [-0.05, 0) is 55.8 Å². The van der Waals surface area contributed by atoms with E-state index in [0.29, 0.717) is 24.5 Å². The molecule has 0 aromatic heterocycles. The number of carboxylic acid groups (broad SMARTS) is 1. The number of alkyl halides is 3. The summed E-state index contributed by atoms with van der Waals surface area (Å²) in [5.74, 6) is 5.34. The maximum absolute atomic E-state index is 12.6. The first kappa shape index (κ1) is 23.1. The van der Waals surface area contributed by atoms with E-state index in [2.05, 4.69) is 11.8 Å². The molecular weight excluding hydrogens is 397 g/mol. The second-order valence-corrected chi connectivity index (χ2v) is 6.70. The van der Waals surface area contributed by atoms with Crippen molar-refractivity contribution in [3.05, 3.63) is 59.7 Å². The van der Waals surface area contributed by atoms with Crippen molar-refractivity contribution >= 4 is 5.97 Å². The number of rotatable bonds is 9. The normalized spacial score (nSPS) is 13.0. The van der Waals surface area contributed by atoms with Crippen LogP contribution >= 0.6 is 0 Å². The molecule has 30 heavy (non-hydrogen) atoms. The maximum Gasteiger partial charge on any atom is 0.416 e. The number of ether oxygens (including phenoxy) is 2. The summed E-state index contributed by atoms with van der Waals surface area (Å²) in [6.07, 6.45) is -4.16. The Labute approximate surface area is 173 Å². The standard InChI is InChI=1S/C23H23F3O4/c1-3-4-18(15-22(27)28)17-5-9-20(10-6-17)29-14-13-16(2)30-21-11-7-19(8-12-21)23(24,25)26/h5-12,16,18H,13-15H2,1-2H3,(H,27,28)/t16-,18?/m0/s1. The Hall–Kier alpha value is -3.14. The molecule has 0 heterocycles.